The van der Waals surface area contributed by atoms with Crippen molar-refractivity contribution >= 4 is 11.8 Å². The topological polar surface area (TPSA) is 20.2 Å². The Morgan fingerprint density at radius 1 is 1.38 bits per heavy atom. The monoisotopic (exact) mass is 240 g/mol. The van der Waals surface area contributed by atoms with Gasteiger partial charge in [-0.15, -0.1) is 0 Å². The van der Waals surface area contributed by atoms with Gasteiger partial charge in [0.05, 0.1) is 6.10 Å². The molecule has 1 aromatic rings. The molecule has 0 bridgehead atoms. The average molecular weight is 240 g/mol. The number of aliphatic hydroxyl groups is 1. The molecule has 1 saturated carbocycles. The molecule has 3 heteroatoms. The summed E-state index contributed by atoms with van der Waals surface area (Å²) >= 11 is 1.82. The zero-order valence-corrected chi connectivity index (χ0v) is 10.0. The summed E-state index contributed by atoms with van der Waals surface area (Å²) in [5.74, 6) is 0.399. The highest BCUT2D eigenvalue weighted by Gasteiger charge is 2.17. The van der Waals surface area contributed by atoms with E-state index in [9.17, 15) is 9.50 Å². The van der Waals surface area contributed by atoms with Crippen molar-refractivity contribution in [1.29, 1.82) is 0 Å². The van der Waals surface area contributed by atoms with Crippen LogP contribution in [-0.4, -0.2) is 16.1 Å². The van der Waals surface area contributed by atoms with Crippen molar-refractivity contribution in [3.8, 4) is 0 Å². The predicted octanol–water partition coefficient (Wildman–Crippen LogP) is 3.53. The number of thioether (sulfide) groups is 1. The molecule has 1 N–H and O–H groups in total. The van der Waals surface area contributed by atoms with Gasteiger partial charge >= 0.3 is 0 Å². The van der Waals surface area contributed by atoms with E-state index in [1.807, 2.05) is 11.8 Å². The number of halogens is 1. The maximum absolute atomic E-state index is 13.0. The average Bonchev–Trinajstić information content (AvgIpc) is 2.78. The number of rotatable bonds is 4. The molecular weight excluding hydrogens is 223 g/mol. The number of hydrogen-bond donors (Lipinski definition) is 1. The van der Waals surface area contributed by atoms with Crippen LogP contribution < -0.4 is 0 Å². The van der Waals surface area contributed by atoms with Crippen LogP contribution in [0.3, 0.4) is 0 Å². The van der Waals surface area contributed by atoms with Gasteiger partial charge in [-0.05, 0) is 30.5 Å². The minimum Gasteiger partial charge on any atom is -0.388 e. The van der Waals surface area contributed by atoms with Crippen LogP contribution in [0.2, 0.25) is 0 Å². The molecule has 1 atom stereocenters. The lowest BCUT2D eigenvalue weighted by atomic mass is 10.1. The molecule has 1 aliphatic rings. The summed E-state index contributed by atoms with van der Waals surface area (Å²) in [5, 5.41) is 10.6. The number of benzene rings is 1. The van der Waals surface area contributed by atoms with Gasteiger partial charge in [0.2, 0.25) is 0 Å². The van der Waals surface area contributed by atoms with E-state index in [1.165, 1.54) is 37.8 Å². The first-order chi connectivity index (χ1) is 7.75. The van der Waals surface area contributed by atoms with Crippen molar-refractivity contribution in [2.75, 3.05) is 5.75 Å². The molecule has 2 rings (SSSR count). The smallest absolute Gasteiger partial charge is 0.123 e. The van der Waals surface area contributed by atoms with Crippen LogP contribution in [0.25, 0.3) is 0 Å². The normalized spacial score (nSPS) is 18.9. The lowest BCUT2D eigenvalue weighted by molar-refractivity contribution is 0.203. The van der Waals surface area contributed by atoms with E-state index in [-0.39, 0.29) is 5.82 Å². The van der Waals surface area contributed by atoms with Gasteiger partial charge in [0.15, 0.2) is 0 Å². The summed E-state index contributed by atoms with van der Waals surface area (Å²) in [6.45, 7) is 0. The lowest BCUT2D eigenvalue weighted by Crippen LogP contribution is -2.05. The standard InChI is InChI=1S/C13H17FOS/c14-11-5-3-4-10(8-11)13(15)9-16-12-6-1-2-7-12/h3-5,8,12-13,15H,1-2,6-7,9H2. The fourth-order valence-corrected chi connectivity index (χ4v) is 3.41. The first-order valence-corrected chi connectivity index (χ1v) is 6.86. The van der Waals surface area contributed by atoms with E-state index in [1.54, 1.807) is 12.1 Å². The Hall–Kier alpha value is -0.540. The quantitative estimate of drug-likeness (QED) is 0.868. The third-order valence-electron chi connectivity index (χ3n) is 3.03. The molecular formula is C13H17FOS. The number of hydrogen-bond acceptors (Lipinski definition) is 2. The molecule has 1 unspecified atom stereocenters. The Labute approximate surface area is 100 Å². The maximum atomic E-state index is 13.0. The van der Waals surface area contributed by atoms with Gasteiger partial charge in [-0.2, -0.15) is 11.8 Å². The fraction of sp³-hybridized carbons (Fsp3) is 0.538. The molecule has 0 heterocycles. The summed E-state index contributed by atoms with van der Waals surface area (Å²) in [5.41, 5.74) is 0.686. The maximum Gasteiger partial charge on any atom is 0.123 e. The van der Waals surface area contributed by atoms with Crippen LogP contribution in [0.5, 0.6) is 0 Å². The molecule has 88 valence electrons. The molecule has 1 aliphatic carbocycles. The Kier molecular flexibility index (Phi) is 4.24. The Morgan fingerprint density at radius 2 is 2.12 bits per heavy atom. The van der Waals surface area contributed by atoms with Crippen molar-refractivity contribution in [3.63, 3.8) is 0 Å². The van der Waals surface area contributed by atoms with Crippen LogP contribution in [0.4, 0.5) is 4.39 Å². The second-order valence-electron chi connectivity index (χ2n) is 4.31. The predicted molar refractivity (Wildman–Crippen MR) is 66.1 cm³/mol. The molecule has 0 aromatic heterocycles. The van der Waals surface area contributed by atoms with Gasteiger partial charge in [0.25, 0.3) is 0 Å². The van der Waals surface area contributed by atoms with Crippen LogP contribution in [0.15, 0.2) is 24.3 Å². The fourth-order valence-electron chi connectivity index (χ4n) is 2.09. The molecule has 1 aromatic carbocycles. The molecule has 0 aliphatic heterocycles. The molecule has 1 nitrogen and oxygen atoms in total. The minimum atomic E-state index is -0.540. The third kappa shape index (κ3) is 3.22. The van der Waals surface area contributed by atoms with Crippen molar-refractivity contribution in [3.05, 3.63) is 35.6 Å². The van der Waals surface area contributed by atoms with Crippen molar-refractivity contribution in [2.45, 2.75) is 37.0 Å². The summed E-state index contributed by atoms with van der Waals surface area (Å²) in [7, 11) is 0. The van der Waals surface area contributed by atoms with Crippen molar-refractivity contribution in [2.24, 2.45) is 0 Å². The van der Waals surface area contributed by atoms with Gasteiger partial charge in [-0.3, -0.25) is 0 Å². The van der Waals surface area contributed by atoms with Crippen molar-refractivity contribution < 1.29 is 9.50 Å². The molecule has 0 spiro atoms. The van der Waals surface area contributed by atoms with Gasteiger partial charge in [0, 0.05) is 11.0 Å². The van der Waals surface area contributed by atoms with E-state index in [0.717, 1.165) is 0 Å². The zero-order valence-electron chi connectivity index (χ0n) is 9.23. The first kappa shape index (κ1) is 11.9. The van der Waals surface area contributed by atoms with Crippen molar-refractivity contribution in [1.82, 2.24) is 0 Å². The highest BCUT2D eigenvalue weighted by molar-refractivity contribution is 7.99. The summed E-state index contributed by atoms with van der Waals surface area (Å²) in [4.78, 5) is 0. The van der Waals surface area contributed by atoms with Gasteiger partial charge < -0.3 is 5.11 Å². The summed E-state index contributed by atoms with van der Waals surface area (Å²) in [6.07, 6.45) is 4.61. The second-order valence-corrected chi connectivity index (χ2v) is 5.64. The minimum absolute atomic E-state index is 0.276. The third-order valence-corrected chi connectivity index (χ3v) is 4.48. The van der Waals surface area contributed by atoms with E-state index in [4.69, 9.17) is 0 Å². The van der Waals surface area contributed by atoms with Crippen LogP contribution >= 0.6 is 11.8 Å². The van der Waals surface area contributed by atoms with E-state index in [0.29, 0.717) is 16.6 Å². The van der Waals surface area contributed by atoms with Crippen LogP contribution in [-0.2, 0) is 0 Å². The molecule has 0 radical (unpaired) electrons. The Bertz CT molecular complexity index is 336. The van der Waals surface area contributed by atoms with E-state index >= 15 is 0 Å². The summed E-state index contributed by atoms with van der Waals surface area (Å²) < 4.78 is 13.0. The van der Waals surface area contributed by atoms with Gasteiger partial charge in [-0.1, -0.05) is 25.0 Å². The van der Waals surface area contributed by atoms with E-state index in [2.05, 4.69) is 0 Å². The Morgan fingerprint density at radius 3 is 2.81 bits per heavy atom. The van der Waals surface area contributed by atoms with Crippen LogP contribution in [0, 0.1) is 5.82 Å². The molecule has 0 saturated heterocycles. The first-order valence-electron chi connectivity index (χ1n) is 5.81. The number of aliphatic hydroxyl groups excluding tert-OH is 1. The van der Waals surface area contributed by atoms with Gasteiger partial charge in [-0.25, -0.2) is 4.39 Å². The lowest BCUT2D eigenvalue weighted by Gasteiger charge is -2.14. The van der Waals surface area contributed by atoms with E-state index < -0.39 is 6.10 Å². The second kappa shape index (κ2) is 5.69. The van der Waals surface area contributed by atoms with Crippen LogP contribution in [0.1, 0.15) is 37.4 Å². The largest absolute Gasteiger partial charge is 0.388 e. The molecule has 16 heavy (non-hydrogen) atoms. The molecule has 0 amide bonds. The highest BCUT2D eigenvalue weighted by atomic mass is 32.2. The highest BCUT2D eigenvalue weighted by Crippen LogP contribution is 2.32. The summed E-state index contributed by atoms with van der Waals surface area (Å²) in [6, 6.07) is 6.25. The zero-order chi connectivity index (χ0) is 11.4. The molecule has 1 fully saturated rings. The SMILES string of the molecule is OC(CSC1CCCC1)c1cccc(F)c1. The Balaban J connectivity index is 1.85. The van der Waals surface area contributed by atoms with Gasteiger partial charge in [0.1, 0.15) is 5.82 Å².